The van der Waals surface area contributed by atoms with Crippen LogP contribution in [-0.2, 0) is 0 Å². The molecule has 0 bridgehead atoms. The molecule has 0 aliphatic carbocycles. The topological polar surface area (TPSA) is 57.7 Å². The normalized spacial score (nSPS) is 19.7. The number of aryl methyl sites for hydroxylation is 2. The summed E-state index contributed by atoms with van der Waals surface area (Å²) in [6, 6.07) is 1.99. The van der Waals surface area contributed by atoms with Gasteiger partial charge in [-0.2, -0.15) is 0 Å². The maximum atomic E-state index is 4.51. The zero-order valence-electron chi connectivity index (χ0n) is 11.4. The van der Waals surface area contributed by atoms with E-state index in [0.29, 0.717) is 5.92 Å². The first-order chi connectivity index (χ1) is 9.22. The predicted molar refractivity (Wildman–Crippen MR) is 74.3 cm³/mol. The van der Waals surface area contributed by atoms with E-state index in [4.69, 9.17) is 0 Å². The van der Waals surface area contributed by atoms with Crippen molar-refractivity contribution in [1.82, 2.24) is 19.9 Å². The van der Waals surface area contributed by atoms with Crippen LogP contribution in [0.4, 0.5) is 5.82 Å². The minimum Gasteiger partial charge on any atom is -0.356 e. The Kier molecular flexibility index (Phi) is 3.19. The molecule has 0 aromatic carbocycles. The van der Waals surface area contributed by atoms with Crippen LogP contribution in [0.15, 0.2) is 18.5 Å². The van der Waals surface area contributed by atoms with Gasteiger partial charge >= 0.3 is 0 Å². The Morgan fingerprint density at radius 2 is 2.21 bits per heavy atom. The minimum absolute atomic E-state index is 0.470. The smallest absolute Gasteiger partial charge is 0.132 e. The van der Waals surface area contributed by atoms with E-state index in [9.17, 15) is 0 Å². The Hall–Kier alpha value is -1.91. The predicted octanol–water partition coefficient (Wildman–Crippen LogP) is 2.20. The van der Waals surface area contributed by atoms with Crippen molar-refractivity contribution in [2.75, 3.05) is 18.0 Å². The molecule has 0 spiro atoms. The van der Waals surface area contributed by atoms with Crippen LogP contribution in [0.1, 0.15) is 36.1 Å². The number of imidazole rings is 1. The summed E-state index contributed by atoms with van der Waals surface area (Å²) in [5, 5.41) is 0. The van der Waals surface area contributed by atoms with E-state index in [1.54, 1.807) is 0 Å². The van der Waals surface area contributed by atoms with Gasteiger partial charge in [0.25, 0.3) is 0 Å². The molecule has 5 nitrogen and oxygen atoms in total. The van der Waals surface area contributed by atoms with Gasteiger partial charge in [0, 0.05) is 37.1 Å². The van der Waals surface area contributed by atoms with Gasteiger partial charge in [-0.15, -0.1) is 0 Å². The summed E-state index contributed by atoms with van der Waals surface area (Å²) in [5.74, 6) is 3.43. The molecule has 0 amide bonds. The Bertz CT molecular complexity index is 562. The molecule has 19 heavy (non-hydrogen) atoms. The van der Waals surface area contributed by atoms with Crippen LogP contribution in [0.5, 0.6) is 0 Å². The van der Waals surface area contributed by atoms with Crippen LogP contribution in [0.2, 0.25) is 0 Å². The molecule has 0 saturated carbocycles. The maximum absolute atomic E-state index is 4.51. The third kappa shape index (κ3) is 2.59. The van der Waals surface area contributed by atoms with E-state index in [1.807, 2.05) is 32.3 Å². The number of nitrogens with one attached hydrogen (secondary N) is 1. The van der Waals surface area contributed by atoms with Crippen LogP contribution < -0.4 is 4.90 Å². The van der Waals surface area contributed by atoms with Gasteiger partial charge in [0.05, 0.1) is 0 Å². The van der Waals surface area contributed by atoms with E-state index in [1.165, 1.54) is 12.8 Å². The molecular weight excluding hydrogens is 238 g/mol. The molecule has 0 radical (unpaired) electrons. The average Bonchev–Trinajstić information content (AvgIpc) is 2.86. The number of hydrogen-bond donors (Lipinski definition) is 1. The van der Waals surface area contributed by atoms with E-state index >= 15 is 0 Å². The van der Waals surface area contributed by atoms with E-state index in [2.05, 4.69) is 24.8 Å². The molecular formula is C14H19N5. The summed E-state index contributed by atoms with van der Waals surface area (Å²) in [4.78, 5) is 18.8. The van der Waals surface area contributed by atoms with Crippen LogP contribution >= 0.6 is 0 Å². The Labute approximate surface area is 113 Å². The molecule has 2 aromatic rings. The summed E-state index contributed by atoms with van der Waals surface area (Å²) in [7, 11) is 0. The summed E-state index contributed by atoms with van der Waals surface area (Å²) >= 11 is 0. The van der Waals surface area contributed by atoms with Crippen molar-refractivity contribution in [3.8, 4) is 0 Å². The van der Waals surface area contributed by atoms with Crippen molar-refractivity contribution in [2.24, 2.45) is 0 Å². The zero-order valence-corrected chi connectivity index (χ0v) is 11.4. The van der Waals surface area contributed by atoms with Gasteiger partial charge in [-0.05, 0) is 32.8 Å². The number of hydrogen-bond acceptors (Lipinski definition) is 4. The third-order valence-electron chi connectivity index (χ3n) is 3.62. The van der Waals surface area contributed by atoms with Crippen molar-refractivity contribution in [2.45, 2.75) is 32.6 Å². The number of H-pyrrole nitrogens is 1. The highest BCUT2D eigenvalue weighted by Gasteiger charge is 2.24. The summed E-state index contributed by atoms with van der Waals surface area (Å²) < 4.78 is 0. The summed E-state index contributed by atoms with van der Waals surface area (Å²) in [6.45, 7) is 6.02. The molecule has 1 N–H and O–H groups in total. The number of nitrogens with zero attached hydrogens (tertiary/aromatic N) is 4. The molecule has 1 fully saturated rings. The van der Waals surface area contributed by atoms with Crippen molar-refractivity contribution in [3.05, 3.63) is 35.8 Å². The van der Waals surface area contributed by atoms with E-state index < -0.39 is 0 Å². The van der Waals surface area contributed by atoms with Crippen molar-refractivity contribution < 1.29 is 0 Å². The Morgan fingerprint density at radius 1 is 1.32 bits per heavy atom. The largest absolute Gasteiger partial charge is 0.356 e. The average molecular weight is 257 g/mol. The molecule has 3 heterocycles. The molecule has 1 aliphatic rings. The van der Waals surface area contributed by atoms with Crippen molar-refractivity contribution in [3.63, 3.8) is 0 Å². The highest BCUT2D eigenvalue weighted by atomic mass is 15.2. The van der Waals surface area contributed by atoms with Gasteiger partial charge in [-0.25, -0.2) is 15.0 Å². The number of aromatic nitrogens is 4. The minimum atomic E-state index is 0.470. The number of rotatable bonds is 2. The lowest BCUT2D eigenvalue weighted by Crippen LogP contribution is -2.35. The quantitative estimate of drug-likeness (QED) is 0.896. The van der Waals surface area contributed by atoms with Gasteiger partial charge in [-0.3, -0.25) is 0 Å². The number of anilines is 1. The highest BCUT2D eigenvalue weighted by Crippen LogP contribution is 2.27. The van der Waals surface area contributed by atoms with Crippen LogP contribution in [-0.4, -0.2) is 33.0 Å². The molecule has 1 atom stereocenters. The van der Waals surface area contributed by atoms with Gasteiger partial charge in [0.2, 0.25) is 0 Å². The maximum Gasteiger partial charge on any atom is 0.132 e. The second-order valence-corrected chi connectivity index (χ2v) is 5.20. The van der Waals surface area contributed by atoms with Crippen molar-refractivity contribution in [1.29, 1.82) is 0 Å². The first-order valence-electron chi connectivity index (χ1n) is 6.78. The molecule has 100 valence electrons. The monoisotopic (exact) mass is 257 g/mol. The lowest BCUT2D eigenvalue weighted by molar-refractivity contribution is 0.491. The summed E-state index contributed by atoms with van der Waals surface area (Å²) in [5.41, 5.74) is 1.13. The standard InChI is InChI=1S/C14H19N5/c1-10-8-16-14(17-10)12-4-3-7-19(9-12)13-5-6-15-11(2)18-13/h5-6,8,12H,3-4,7,9H2,1-2H3,(H,16,17)/t12-/m1/s1. The molecule has 2 aromatic heterocycles. The molecule has 5 heteroatoms. The van der Waals surface area contributed by atoms with Crippen molar-refractivity contribution >= 4 is 5.82 Å². The first kappa shape index (κ1) is 12.1. The summed E-state index contributed by atoms with van der Waals surface area (Å²) in [6.07, 6.45) is 6.10. The van der Waals surface area contributed by atoms with Crippen LogP contribution in [0, 0.1) is 13.8 Å². The third-order valence-corrected chi connectivity index (χ3v) is 3.62. The fourth-order valence-electron chi connectivity index (χ4n) is 2.67. The molecule has 1 saturated heterocycles. The molecule has 0 unspecified atom stereocenters. The number of aromatic amines is 1. The lowest BCUT2D eigenvalue weighted by Gasteiger charge is -2.32. The highest BCUT2D eigenvalue weighted by molar-refractivity contribution is 5.38. The fourth-order valence-corrected chi connectivity index (χ4v) is 2.67. The zero-order chi connectivity index (χ0) is 13.2. The van der Waals surface area contributed by atoms with Crippen LogP contribution in [0.3, 0.4) is 0 Å². The lowest BCUT2D eigenvalue weighted by atomic mass is 9.97. The van der Waals surface area contributed by atoms with Gasteiger partial charge < -0.3 is 9.88 Å². The van der Waals surface area contributed by atoms with Gasteiger partial charge in [-0.1, -0.05) is 0 Å². The molecule has 1 aliphatic heterocycles. The van der Waals surface area contributed by atoms with Gasteiger partial charge in [0.15, 0.2) is 0 Å². The SMILES string of the molecule is Cc1nccc(N2CCC[C@@H](c3ncc(C)[nH]3)C2)n1. The van der Waals surface area contributed by atoms with Gasteiger partial charge in [0.1, 0.15) is 17.5 Å². The Morgan fingerprint density at radius 3 is 2.95 bits per heavy atom. The Balaban J connectivity index is 1.78. The van der Waals surface area contributed by atoms with E-state index in [0.717, 1.165) is 36.3 Å². The fraction of sp³-hybridized carbons (Fsp3) is 0.500. The second kappa shape index (κ2) is 4.99. The van der Waals surface area contributed by atoms with Crippen LogP contribution in [0.25, 0.3) is 0 Å². The second-order valence-electron chi connectivity index (χ2n) is 5.20. The number of piperidine rings is 1. The first-order valence-corrected chi connectivity index (χ1v) is 6.78. The molecule has 3 rings (SSSR count). The van der Waals surface area contributed by atoms with E-state index in [-0.39, 0.29) is 0 Å².